The van der Waals surface area contributed by atoms with Crippen molar-refractivity contribution in [3.63, 3.8) is 0 Å². The number of fused-ring (bicyclic) bond motifs is 3. The first kappa shape index (κ1) is 21.4. The molecule has 3 atom stereocenters. The molecule has 1 saturated carbocycles. The predicted molar refractivity (Wildman–Crippen MR) is 116 cm³/mol. The lowest BCUT2D eigenvalue weighted by Gasteiger charge is -2.19. The molecule has 1 fully saturated rings. The number of nitrogens with zero attached hydrogens (tertiary/aromatic N) is 4. The van der Waals surface area contributed by atoms with Gasteiger partial charge in [0.25, 0.3) is 10.9 Å². The van der Waals surface area contributed by atoms with Crippen molar-refractivity contribution in [1.29, 1.82) is 0 Å². The Morgan fingerprint density at radius 3 is 2.73 bits per heavy atom. The molecule has 4 aromatic rings. The minimum absolute atomic E-state index is 0.0520. The lowest BCUT2D eigenvalue weighted by atomic mass is 9.93. The maximum Gasteiger partial charge on any atom is 0.390 e. The van der Waals surface area contributed by atoms with E-state index in [1.165, 1.54) is 0 Å². The minimum Gasteiger partial charge on any atom is -0.380 e. The van der Waals surface area contributed by atoms with Gasteiger partial charge >= 0.3 is 6.18 Å². The maximum atomic E-state index is 12.4. The second-order valence-corrected chi connectivity index (χ2v) is 8.51. The Hall–Kier alpha value is -3.44. The zero-order valence-electron chi connectivity index (χ0n) is 17.7. The number of hydrogen-bond donors (Lipinski definition) is 3. The van der Waals surface area contributed by atoms with Gasteiger partial charge in [-0.1, -0.05) is 13.3 Å². The van der Waals surface area contributed by atoms with Gasteiger partial charge < -0.3 is 15.6 Å². The van der Waals surface area contributed by atoms with Gasteiger partial charge in [-0.05, 0) is 24.8 Å². The molecule has 9 nitrogen and oxygen atoms in total. The van der Waals surface area contributed by atoms with Gasteiger partial charge in [-0.2, -0.15) is 13.2 Å². The van der Waals surface area contributed by atoms with E-state index in [1.807, 2.05) is 10.5 Å². The van der Waals surface area contributed by atoms with Crippen LogP contribution in [0.1, 0.15) is 44.3 Å². The molecule has 0 spiro atoms. The summed E-state index contributed by atoms with van der Waals surface area (Å²) in [4.78, 5) is 31.4. The highest BCUT2D eigenvalue weighted by atomic mass is 19.4. The van der Waals surface area contributed by atoms with E-state index < -0.39 is 30.0 Å². The number of anilines is 2. The smallest absolute Gasteiger partial charge is 0.380 e. The molecule has 174 valence electrons. The van der Waals surface area contributed by atoms with Gasteiger partial charge in [-0.3, -0.25) is 14.0 Å². The lowest BCUT2D eigenvalue weighted by Crippen LogP contribution is -2.39. The third-order valence-corrected chi connectivity index (χ3v) is 6.49. The Morgan fingerprint density at radius 2 is 1.97 bits per heavy atom. The SMILES string of the molecule is CCC1CC(Nc2c(NCCC(F)(F)F)c(=O)c2=O)CC1c1nnc2cnc3[nH]ccc3n12. The number of nitrogens with one attached hydrogen (secondary N) is 3. The van der Waals surface area contributed by atoms with E-state index in [0.29, 0.717) is 12.1 Å². The second-order valence-electron chi connectivity index (χ2n) is 8.51. The summed E-state index contributed by atoms with van der Waals surface area (Å²) in [6.07, 6.45) is 0.289. The van der Waals surface area contributed by atoms with E-state index in [-0.39, 0.29) is 29.3 Å². The highest BCUT2D eigenvalue weighted by Gasteiger charge is 2.38. The molecule has 3 N–H and O–H groups in total. The first-order chi connectivity index (χ1) is 15.8. The van der Waals surface area contributed by atoms with Gasteiger partial charge in [0.05, 0.1) is 18.1 Å². The van der Waals surface area contributed by atoms with Gasteiger partial charge in [0.2, 0.25) is 0 Å². The fourth-order valence-electron chi connectivity index (χ4n) is 4.88. The molecule has 3 aromatic heterocycles. The Balaban J connectivity index is 1.37. The van der Waals surface area contributed by atoms with Crippen molar-refractivity contribution in [2.45, 2.75) is 50.7 Å². The van der Waals surface area contributed by atoms with Crippen LogP contribution in [-0.4, -0.2) is 43.3 Å². The monoisotopic (exact) mass is 461 g/mol. The van der Waals surface area contributed by atoms with Gasteiger partial charge in [-0.15, -0.1) is 10.2 Å². The quantitative estimate of drug-likeness (QED) is 0.362. The van der Waals surface area contributed by atoms with Crippen LogP contribution in [-0.2, 0) is 0 Å². The van der Waals surface area contributed by atoms with Gasteiger partial charge in [-0.25, -0.2) is 4.98 Å². The molecular weight excluding hydrogens is 439 g/mol. The third-order valence-electron chi connectivity index (χ3n) is 6.49. The van der Waals surface area contributed by atoms with Crippen LogP contribution in [0.5, 0.6) is 0 Å². The summed E-state index contributed by atoms with van der Waals surface area (Å²) in [5, 5.41) is 14.3. The first-order valence-corrected chi connectivity index (χ1v) is 10.8. The molecule has 1 aliphatic carbocycles. The fraction of sp³-hybridized carbons (Fsp3) is 0.476. The third kappa shape index (κ3) is 3.72. The molecule has 0 aliphatic heterocycles. The number of halogens is 3. The second kappa shape index (κ2) is 7.85. The maximum absolute atomic E-state index is 12.4. The van der Waals surface area contributed by atoms with Crippen molar-refractivity contribution in [2.24, 2.45) is 5.92 Å². The molecule has 12 heteroatoms. The average molecular weight is 461 g/mol. The number of aromatic amines is 1. The van der Waals surface area contributed by atoms with Crippen LogP contribution in [0, 0.1) is 5.92 Å². The molecule has 5 rings (SSSR count). The Labute approximate surface area is 185 Å². The number of alkyl halides is 3. The van der Waals surface area contributed by atoms with Crippen LogP contribution in [0.2, 0.25) is 0 Å². The summed E-state index contributed by atoms with van der Waals surface area (Å²) in [5.41, 5.74) is 0.767. The van der Waals surface area contributed by atoms with Crippen LogP contribution < -0.4 is 21.5 Å². The molecule has 33 heavy (non-hydrogen) atoms. The zero-order chi connectivity index (χ0) is 23.3. The number of aromatic nitrogens is 5. The van der Waals surface area contributed by atoms with Crippen LogP contribution >= 0.6 is 0 Å². The molecule has 1 aromatic carbocycles. The number of rotatable bonds is 7. The van der Waals surface area contributed by atoms with E-state index in [1.54, 1.807) is 12.4 Å². The summed E-state index contributed by atoms with van der Waals surface area (Å²) in [7, 11) is 0. The summed E-state index contributed by atoms with van der Waals surface area (Å²) >= 11 is 0. The van der Waals surface area contributed by atoms with E-state index >= 15 is 0 Å². The Kier molecular flexibility index (Phi) is 5.09. The van der Waals surface area contributed by atoms with Gasteiger partial charge in [0.1, 0.15) is 17.2 Å². The summed E-state index contributed by atoms with van der Waals surface area (Å²) < 4.78 is 39.3. The number of H-pyrrole nitrogens is 1. The molecule has 3 heterocycles. The van der Waals surface area contributed by atoms with Crippen LogP contribution in [0.3, 0.4) is 0 Å². The summed E-state index contributed by atoms with van der Waals surface area (Å²) in [6.45, 7) is 1.62. The molecular formula is C21H22F3N7O2. The van der Waals surface area contributed by atoms with E-state index in [4.69, 9.17) is 0 Å². The van der Waals surface area contributed by atoms with Crippen molar-refractivity contribution >= 4 is 28.2 Å². The van der Waals surface area contributed by atoms with Crippen molar-refractivity contribution in [1.82, 2.24) is 24.6 Å². The normalized spacial score (nSPS) is 21.4. The van der Waals surface area contributed by atoms with Gasteiger partial charge in [0.15, 0.2) is 11.3 Å². The van der Waals surface area contributed by atoms with E-state index in [2.05, 4.69) is 37.7 Å². The standard InChI is InChI=1S/C21H22F3N7O2/c1-2-10-7-11(28-16-15(17(32)18(16)33)25-6-4-21(22,23)24)8-12(10)20-30-29-14-9-27-19-13(31(14)20)3-5-26-19/h3,5,9-12,25-26,28H,2,4,6-8H2,1H3. The topological polar surface area (TPSA) is 117 Å². The zero-order valence-corrected chi connectivity index (χ0v) is 17.7. The molecule has 3 unspecified atom stereocenters. The van der Waals surface area contributed by atoms with Crippen LogP contribution in [0.4, 0.5) is 24.5 Å². The largest absolute Gasteiger partial charge is 0.390 e. The van der Waals surface area contributed by atoms with Crippen molar-refractivity contribution < 1.29 is 13.2 Å². The molecule has 0 amide bonds. The Bertz CT molecular complexity index is 1380. The highest BCUT2D eigenvalue weighted by molar-refractivity contribution is 5.75. The number of hydrogen-bond acceptors (Lipinski definition) is 7. The molecule has 1 aliphatic rings. The fourth-order valence-corrected chi connectivity index (χ4v) is 4.88. The average Bonchev–Trinajstić information content (AvgIpc) is 3.50. The van der Waals surface area contributed by atoms with Crippen molar-refractivity contribution in [3.05, 3.63) is 44.7 Å². The van der Waals surface area contributed by atoms with Gasteiger partial charge in [0, 0.05) is 24.7 Å². The minimum atomic E-state index is -4.34. The lowest BCUT2D eigenvalue weighted by molar-refractivity contribution is -0.131. The van der Waals surface area contributed by atoms with Crippen LogP contribution in [0.15, 0.2) is 28.0 Å². The molecule has 0 radical (unpaired) electrons. The summed E-state index contributed by atoms with van der Waals surface area (Å²) in [6, 6.07) is 1.79. The predicted octanol–water partition coefficient (Wildman–Crippen LogP) is 2.95. The highest BCUT2D eigenvalue weighted by Crippen LogP contribution is 2.42. The Morgan fingerprint density at radius 1 is 1.18 bits per heavy atom. The van der Waals surface area contributed by atoms with Crippen molar-refractivity contribution in [3.8, 4) is 0 Å². The van der Waals surface area contributed by atoms with E-state index in [0.717, 1.165) is 29.8 Å². The molecule has 0 saturated heterocycles. The van der Waals surface area contributed by atoms with E-state index in [9.17, 15) is 22.8 Å². The summed E-state index contributed by atoms with van der Waals surface area (Å²) in [5.74, 6) is 1.11. The van der Waals surface area contributed by atoms with Crippen molar-refractivity contribution in [2.75, 3.05) is 17.2 Å². The molecule has 0 bridgehead atoms. The first-order valence-electron chi connectivity index (χ1n) is 10.8. The van der Waals surface area contributed by atoms with Crippen LogP contribution in [0.25, 0.3) is 16.8 Å².